The standard InChI is InChI=1S/C25H22N4O6S.2C25H21N3O5.C25H21N3O4/c1-34-19-12-13-20(21(30)14-19)24-27-22(15-4-6-17(7-5-15)25(31)35-2)26-23(28-24)16-8-10-18(11-9-16)29-36(3,32)33;1-31-18-6-4-5-17(13-18)23-26-22(15-7-9-16(10-8-15)25(30)33-3)27-24(28-23)20-12-11-19(32-2)14-21(20)29;1-31-17-12-13-18(20(29)14-17)23-26-22(15-8-10-16(11-9-15)25(30)33-3)27-24(28-23)19-6-4-5-7-21(19)32-2;1-15-4-6-16(7-5-15)22-26-23(17-8-10-18(11-9-17)25(30)32-3)28-24(27-22)20-13-12-19(31-2)14-21(20)29/h4-14,29-30H,1-3H3;2*4-14,29H,1-3H3;4-14,29H,1-3H3. The Kier molecular flexibility index (Phi) is 30.1. The van der Waals surface area contributed by atoms with Crippen LogP contribution < -0.4 is 33.1 Å². The molecule has 0 amide bonds. The first-order valence-electron chi connectivity index (χ1n) is 40.4. The van der Waals surface area contributed by atoms with Gasteiger partial charge in [0.25, 0.3) is 0 Å². The molecule has 34 heteroatoms. The van der Waals surface area contributed by atoms with E-state index in [-0.39, 0.29) is 40.5 Å². The van der Waals surface area contributed by atoms with Crippen LogP contribution in [0.3, 0.4) is 0 Å². The molecule has 0 aliphatic carbocycles. The molecule has 0 aliphatic heterocycles. The molecule has 0 atom stereocenters. The minimum atomic E-state index is -3.42. The lowest BCUT2D eigenvalue weighted by atomic mass is 10.1. The van der Waals surface area contributed by atoms with Crippen molar-refractivity contribution in [1.82, 2.24) is 59.8 Å². The molecule has 33 nitrogen and oxygen atoms in total. The Morgan fingerprint density at radius 2 is 0.500 bits per heavy atom. The van der Waals surface area contributed by atoms with Crippen molar-refractivity contribution in [3.8, 4) is 194 Å². The highest BCUT2D eigenvalue weighted by atomic mass is 32.2. The highest BCUT2D eigenvalue weighted by Gasteiger charge is 2.24. The highest BCUT2D eigenvalue weighted by molar-refractivity contribution is 7.92. The number of hydrogen-bond acceptors (Lipinski definition) is 32. The molecule has 5 N–H and O–H groups in total. The highest BCUT2D eigenvalue weighted by Crippen LogP contribution is 2.40. The molecule has 0 radical (unpaired) electrons. The van der Waals surface area contributed by atoms with E-state index in [9.17, 15) is 48.0 Å². The number of aromatic hydroxyl groups is 4. The molecule has 0 saturated heterocycles. The van der Waals surface area contributed by atoms with Crippen LogP contribution in [0, 0.1) is 6.92 Å². The van der Waals surface area contributed by atoms with Gasteiger partial charge in [0.05, 0.1) is 127 Å². The van der Waals surface area contributed by atoms with Gasteiger partial charge in [-0.1, -0.05) is 103 Å². The molecule has 4 aromatic heterocycles. The van der Waals surface area contributed by atoms with Crippen LogP contribution in [0.25, 0.3) is 137 Å². The number of esters is 4. The molecule has 12 aromatic carbocycles. The van der Waals surface area contributed by atoms with Crippen molar-refractivity contribution in [3.63, 3.8) is 0 Å². The van der Waals surface area contributed by atoms with E-state index in [1.54, 1.807) is 184 Å². The molecule has 16 aromatic rings. The number of phenolic OH excluding ortho intramolecular Hbond substituents is 4. The van der Waals surface area contributed by atoms with E-state index in [1.807, 2.05) is 79.7 Å². The molecule has 0 unspecified atom stereocenters. The van der Waals surface area contributed by atoms with Gasteiger partial charge in [-0.15, -0.1) is 0 Å². The van der Waals surface area contributed by atoms with Crippen molar-refractivity contribution in [2.24, 2.45) is 0 Å². The van der Waals surface area contributed by atoms with Crippen molar-refractivity contribution >= 4 is 39.6 Å². The number of ether oxygens (including phenoxy) is 10. The van der Waals surface area contributed by atoms with E-state index in [0.29, 0.717) is 170 Å². The Morgan fingerprint density at radius 1 is 0.254 bits per heavy atom. The third-order valence-electron chi connectivity index (χ3n) is 20.0. The summed E-state index contributed by atoms with van der Waals surface area (Å²) in [6.45, 7) is 2.01. The second-order valence-electron chi connectivity index (χ2n) is 28.8. The fraction of sp³-hybridized carbons (Fsp3) is 0.120. The smallest absolute Gasteiger partial charge is 0.337 e. The summed E-state index contributed by atoms with van der Waals surface area (Å²) in [6, 6.07) is 75.4. The van der Waals surface area contributed by atoms with Crippen LogP contribution in [0.5, 0.6) is 57.5 Å². The van der Waals surface area contributed by atoms with Gasteiger partial charge in [-0.25, -0.2) is 87.4 Å². The third kappa shape index (κ3) is 23.1. The van der Waals surface area contributed by atoms with Gasteiger partial charge in [0.2, 0.25) is 10.0 Å². The number of nitrogens with one attached hydrogen (secondary N) is 1. The summed E-state index contributed by atoms with van der Waals surface area (Å²) < 4.78 is 76.0. The zero-order valence-electron chi connectivity index (χ0n) is 74.0. The Morgan fingerprint density at radius 3 is 0.769 bits per heavy atom. The van der Waals surface area contributed by atoms with Gasteiger partial charge in [0.1, 0.15) is 57.5 Å². The lowest BCUT2D eigenvalue weighted by molar-refractivity contribution is 0.0592. The molecule has 16 rings (SSSR count). The van der Waals surface area contributed by atoms with E-state index in [2.05, 4.69) is 64.5 Å². The predicted octanol–water partition coefficient (Wildman–Crippen LogP) is 17.2. The van der Waals surface area contributed by atoms with Crippen LogP contribution in [0.1, 0.15) is 47.0 Å². The fourth-order valence-electron chi connectivity index (χ4n) is 13.0. The zero-order chi connectivity index (χ0) is 95.3. The van der Waals surface area contributed by atoms with Crippen LogP contribution >= 0.6 is 0 Å². The maximum atomic E-state index is 11.8. The molecular weight excluding hydrogens is 1740 g/mol. The van der Waals surface area contributed by atoms with Gasteiger partial charge >= 0.3 is 23.9 Å². The average molecular weight is 1820 g/mol. The molecule has 676 valence electrons. The average Bonchev–Trinajstić information content (AvgIpc) is 0.797. The summed E-state index contributed by atoms with van der Waals surface area (Å²) >= 11 is 0. The SMILES string of the molecule is COC(=O)c1ccc(-c2nc(-c3ccc(C)cc3)nc(-c3ccc(OC)cc3O)n2)cc1.COC(=O)c1ccc(-c2nc(-c3ccc(NS(C)(=O)=O)cc3)nc(-c3ccc(OC)cc3O)n2)cc1.COC(=O)c1ccc(-c2nc(-c3ccc(OC)cc3O)nc(-c3ccccc3OC)n2)cc1.COC(=O)c1ccc(-c2nc(-c3cccc(OC)c3)nc(-c3ccc(OC)cc3O)n2)cc1. The number of benzene rings is 12. The number of hydrogen-bond donors (Lipinski definition) is 5. The number of aryl methyl sites for hydroxylation is 1. The first kappa shape index (κ1) is 93.9. The van der Waals surface area contributed by atoms with E-state index < -0.39 is 33.9 Å². The van der Waals surface area contributed by atoms with E-state index >= 15 is 0 Å². The largest absolute Gasteiger partial charge is 0.507 e. The minimum absolute atomic E-state index is 0.00241. The number of carbonyl (C=O) groups is 4. The third-order valence-corrected chi connectivity index (χ3v) is 20.6. The minimum Gasteiger partial charge on any atom is -0.507 e. The van der Waals surface area contributed by atoms with Crippen LogP contribution in [-0.4, -0.2) is 190 Å². The summed E-state index contributed by atoms with van der Waals surface area (Å²) in [5.74, 6) is 5.50. The van der Waals surface area contributed by atoms with Crippen molar-refractivity contribution in [3.05, 3.63) is 295 Å². The van der Waals surface area contributed by atoms with Crippen LogP contribution in [-0.2, 0) is 29.0 Å². The fourth-order valence-corrected chi connectivity index (χ4v) is 13.6. The quantitative estimate of drug-likeness (QED) is 0.0277. The van der Waals surface area contributed by atoms with Crippen molar-refractivity contribution < 1.29 is 95.4 Å². The van der Waals surface area contributed by atoms with Gasteiger partial charge in [0, 0.05) is 68.9 Å². The number of sulfonamides is 1. The number of carbonyl (C=O) groups excluding carboxylic acids is 4. The molecular formula is C100H85N13O20S. The van der Waals surface area contributed by atoms with E-state index in [0.717, 1.165) is 22.9 Å². The summed E-state index contributed by atoms with van der Waals surface area (Å²) in [5, 5.41) is 42.2. The Labute approximate surface area is 768 Å². The number of methoxy groups -OCH3 is 10. The molecule has 0 fully saturated rings. The molecule has 4 heterocycles. The van der Waals surface area contributed by atoms with Gasteiger partial charge < -0.3 is 67.8 Å². The molecule has 0 bridgehead atoms. The monoisotopic (exact) mass is 1820 g/mol. The van der Waals surface area contributed by atoms with Crippen LogP contribution in [0.4, 0.5) is 5.69 Å². The Hall–Kier alpha value is -17.7. The second-order valence-corrected chi connectivity index (χ2v) is 30.5. The summed E-state index contributed by atoms with van der Waals surface area (Å²) in [5.41, 5.74) is 10.2. The Balaban J connectivity index is 0.000000152. The lowest BCUT2D eigenvalue weighted by Crippen LogP contribution is -2.09. The van der Waals surface area contributed by atoms with Crippen molar-refractivity contribution in [2.75, 3.05) is 82.1 Å². The van der Waals surface area contributed by atoms with Crippen molar-refractivity contribution in [2.45, 2.75) is 6.92 Å². The number of phenols is 4. The van der Waals surface area contributed by atoms with Gasteiger partial charge in [0.15, 0.2) is 69.9 Å². The summed E-state index contributed by atoms with van der Waals surface area (Å²) in [7, 11) is 11.1. The van der Waals surface area contributed by atoms with Crippen molar-refractivity contribution in [1.29, 1.82) is 0 Å². The molecule has 0 saturated carbocycles. The predicted molar refractivity (Wildman–Crippen MR) is 499 cm³/mol. The Bertz CT molecular complexity index is 7090. The van der Waals surface area contributed by atoms with Gasteiger partial charge in [-0.05, 0) is 153 Å². The van der Waals surface area contributed by atoms with Crippen LogP contribution in [0.15, 0.2) is 267 Å². The molecule has 0 spiro atoms. The number of para-hydroxylation sites is 1. The molecule has 0 aliphatic rings. The first-order valence-corrected chi connectivity index (χ1v) is 42.3. The van der Waals surface area contributed by atoms with E-state index in [1.165, 1.54) is 81.1 Å². The number of rotatable bonds is 24. The second kappa shape index (κ2) is 42.9. The van der Waals surface area contributed by atoms with Gasteiger partial charge in [-0.3, -0.25) is 4.72 Å². The zero-order valence-corrected chi connectivity index (χ0v) is 74.8. The van der Waals surface area contributed by atoms with Gasteiger partial charge in [-0.2, -0.15) is 0 Å². The lowest BCUT2D eigenvalue weighted by Gasteiger charge is -2.12. The van der Waals surface area contributed by atoms with Crippen LogP contribution in [0.2, 0.25) is 0 Å². The normalized spacial score (nSPS) is 10.7. The maximum Gasteiger partial charge on any atom is 0.337 e. The van der Waals surface area contributed by atoms with E-state index in [4.69, 9.17) is 47.4 Å². The first-order chi connectivity index (χ1) is 64.7. The maximum absolute atomic E-state index is 11.8. The number of nitrogens with zero attached hydrogens (tertiary/aromatic N) is 12. The topological polar surface area (TPSA) is 442 Å². The molecule has 134 heavy (non-hydrogen) atoms. The number of anilines is 1. The summed E-state index contributed by atoms with van der Waals surface area (Å²) in [6.07, 6.45) is 1.07. The number of aromatic nitrogens is 12. The summed E-state index contributed by atoms with van der Waals surface area (Å²) in [4.78, 5) is 102.